The SMILES string of the molecule is CC(NC1CCCNC1=O)C1CCCC1. The summed E-state index contributed by atoms with van der Waals surface area (Å²) in [6.45, 7) is 3.09. The van der Waals surface area contributed by atoms with Crippen LogP contribution in [0.1, 0.15) is 45.4 Å². The maximum absolute atomic E-state index is 11.6. The highest BCUT2D eigenvalue weighted by Gasteiger charge is 2.27. The maximum Gasteiger partial charge on any atom is 0.237 e. The van der Waals surface area contributed by atoms with Gasteiger partial charge in [-0.2, -0.15) is 0 Å². The maximum atomic E-state index is 11.6. The van der Waals surface area contributed by atoms with E-state index in [1.807, 2.05) is 0 Å². The second-order valence-electron chi connectivity index (χ2n) is 4.99. The van der Waals surface area contributed by atoms with Crippen LogP contribution in [-0.2, 0) is 4.79 Å². The lowest BCUT2D eigenvalue weighted by Gasteiger charge is -2.29. The van der Waals surface area contributed by atoms with Crippen molar-refractivity contribution in [3.05, 3.63) is 0 Å². The van der Waals surface area contributed by atoms with Crippen molar-refractivity contribution in [3.8, 4) is 0 Å². The minimum Gasteiger partial charge on any atom is -0.355 e. The number of piperidine rings is 1. The molecule has 1 aliphatic heterocycles. The zero-order chi connectivity index (χ0) is 10.7. The quantitative estimate of drug-likeness (QED) is 0.740. The molecule has 0 bridgehead atoms. The number of amides is 1. The first-order valence-electron chi connectivity index (χ1n) is 6.31. The van der Waals surface area contributed by atoms with Crippen LogP contribution >= 0.6 is 0 Å². The van der Waals surface area contributed by atoms with Gasteiger partial charge < -0.3 is 10.6 Å². The molecular formula is C12H22N2O. The normalized spacial score (nSPS) is 30.2. The summed E-state index contributed by atoms with van der Waals surface area (Å²) in [4.78, 5) is 11.6. The van der Waals surface area contributed by atoms with Crippen molar-refractivity contribution in [2.45, 2.75) is 57.5 Å². The van der Waals surface area contributed by atoms with E-state index in [9.17, 15) is 4.79 Å². The second kappa shape index (κ2) is 4.97. The molecule has 3 heteroatoms. The fourth-order valence-corrected chi connectivity index (χ4v) is 2.84. The largest absolute Gasteiger partial charge is 0.355 e. The van der Waals surface area contributed by atoms with E-state index in [2.05, 4.69) is 17.6 Å². The van der Waals surface area contributed by atoms with Crippen LogP contribution in [0.15, 0.2) is 0 Å². The first-order valence-corrected chi connectivity index (χ1v) is 6.31. The molecule has 0 radical (unpaired) electrons. The number of hydrogen-bond donors (Lipinski definition) is 2. The topological polar surface area (TPSA) is 41.1 Å². The Balaban J connectivity index is 1.81. The van der Waals surface area contributed by atoms with Crippen molar-refractivity contribution in [2.75, 3.05) is 6.54 Å². The average molecular weight is 210 g/mol. The van der Waals surface area contributed by atoms with E-state index < -0.39 is 0 Å². The highest BCUT2D eigenvalue weighted by Crippen LogP contribution is 2.27. The van der Waals surface area contributed by atoms with Gasteiger partial charge in [-0.15, -0.1) is 0 Å². The fraction of sp³-hybridized carbons (Fsp3) is 0.917. The molecular weight excluding hydrogens is 188 g/mol. The predicted molar refractivity (Wildman–Crippen MR) is 60.6 cm³/mol. The van der Waals surface area contributed by atoms with E-state index in [0.717, 1.165) is 25.3 Å². The van der Waals surface area contributed by atoms with E-state index in [1.165, 1.54) is 25.7 Å². The van der Waals surface area contributed by atoms with Crippen LogP contribution in [0.2, 0.25) is 0 Å². The lowest BCUT2D eigenvalue weighted by Crippen LogP contribution is -2.52. The van der Waals surface area contributed by atoms with Gasteiger partial charge in [0.15, 0.2) is 0 Å². The van der Waals surface area contributed by atoms with Crippen molar-refractivity contribution in [1.29, 1.82) is 0 Å². The van der Waals surface area contributed by atoms with Crippen LogP contribution in [0.3, 0.4) is 0 Å². The Morgan fingerprint density at radius 3 is 2.67 bits per heavy atom. The highest BCUT2D eigenvalue weighted by atomic mass is 16.2. The summed E-state index contributed by atoms with van der Waals surface area (Å²) < 4.78 is 0. The second-order valence-corrected chi connectivity index (χ2v) is 4.99. The highest BCUT2D eigenvalue weighted by molar-refractivity contribution is 5.82. The van der Waals surface area contributed by atoms with E-state index in [1.54, 1.807) is 0 Å². The first kappa shape index (κ1) is 10.9. The van der Waals surface area contributed by atoms with E-state index in [-0.39, 0.29) is 11.9 Å². The van der Waals surface area contributed by atoms with Crippen LogP contribution in [-0.4, -0.2) is 24.5 Å². The molecule has 0 aromatic heterocycles. The summed E-state index contributed by atoms with van der Waals surface area (Å²) in [6.07, 6.45) is 7.52. The van der Waals surface area contributed by atoms with Gasteiger partial charge in [0.1, 0.15) is 0 Å². The molecule has 1 amide bonds. The van der Waals surface area contributed by atoms with E-state index >= 15 is 0 Å². The van der Waals surface area contributed by atoms with Crippen LogP contribution < -0.4 is 10.6 Å². The Labute approximate surface area is 92.0 Å². The molecule has 1 saturated heterocycles. The third-order valence-corrected chi connectivity index (χ3v) is 3.86. The van der Waals surface area contributed by atoms with Crippen LogP contribution in [0.5, 0.6) is 0 Å². The summed E-state index contributed by atoms with van der Waals surface area (Å²) in [5.74, 6) is 0.992. The third kappa shape index (κ3) is 2.71. The monoisotopic (exact) mass is 210 g/mol. The molecule has 2 atom stereocenters. The molecule has 2 aliphatic rings. The molecule has 1 saturated carbocycles. The lowest BCUT2D eigenvalue weighted by molar-refractivity contribution is -0.124. The molecule has 2 fully saturated rings. The summed E-state index contributed by atoms with van der Waals surface area (Å²) in [5.41, 5.74) is 0. The zero-order valence-corrected chi connectivity index (χ0v) is 9.59. The van der Waals surface area contributed by atoms with E-state index in [4.69, 9.17) is 0 Å². The molecule has 0 aromatic carbocycles. The Kier molecular flexibility index (Phi) is 3.62. The molecule has 3 nitrogen and oxygen atoms in total. The van der Waals surface area contributed by atoms with Gasteiger partial charge in [-0.3, -0.25) is 4.79 Å². The van der Waals surface area contributed by atoms with Gasteiger partial charge in [0.2, 0.25) is 5.91 Å². The van der Waals surface area contributed by atoms with Gasteiger partial charge >= 0.3 is 0 Å². The van der Waals surface area contributed by atoms with Crippen molar-refractivity contribution >= 4 is 5.91 Å². The van der Waals surface area contributed by atoms with Crippen molar-refractivity contribution < 1.29 is 4.79 Å². The van der Waals surface area contributed by atoms with Crippen molar-refractivity contribution in [2.24, 2.45) is 5.92 Å². The minimum atomic E-state index is 0.0642. The Morgan fingerprint density at radius 1 is 1.27 bits per heavy atom. The predicted octanol–water partition coefficient (Wildman–Crippen LogP) is 1.43. The van der Waals surface area contributed by atoms with Crippen LogP contribution in [0.4, 0.5) is 0 Å². The molecule has 2 unspecified atom stereocenters. The number of hydrogen-bond acceptors (Lipinski definition) is 2. The molecule has 86 valence electrons. The van der Waals surface area contributed by atoms with Gasteiger partial charge in [-0.25, -0.2) is 0 Å². The van der Waals surface area contributed by atoms with Gasteiger partial charge in [0.25, 0.3) is 0 Å². The van der Waals surface area contributed by atoms with Gasteiger partial charge in [-0.05, 0) is 38.5 Å². The fourth-order valence-electron chi connectivity index (χ4n) is 2.84. The Bertz CT molecular complexity index is 224. The standard InChI is InChI=1S/C12H22N2O/c1-9(10-5-2-3-6-10)14-11-7-4-8-13-12(11)15/h9-11,14H,2-8H2,1H3,(H,13,15). The first-order chi connectivity index (χ1) is 7.27. The van der Waals surface area contributed by atoms with Gasteiger partial charge in [0, 0.05) is 12.6 Å². The molecule has 1 heterocycles. The summed E-state index contributed by atoms with van der Waals surface area (Å²) in [7, 11) is 0. The lowest BCUT2D eigenvalue weighted by atomic mass is 9.97. The third-order valence-electron chi connectivity index (χ3n) is 3.86. The molecule has 0 aromatic rings. The van der Waals surface area contributed by atoms with E-state index in [0.29, 0.717) is 6.04 Å². The molecule has 1 aliphatic carbocycles. The molecule has 2 N–H and O–H groups in total. The van der Waals surface area contributed by atoms with Crippen LogP contribution in [0, 0.1) is 5.92 Å². The number of nitrogens with one attached hydrogen (secondary N) is 2. The van der Waals surface area contributed by atoms with Gasteiger partial charge in [0.05, 0.1) is 6.04 Å². The van der Waals surface area contributed by atoms with Crippen LogP contribution in [0.25, 0.3) is 0 Å². The number of carbonyl (C=O) groups excluding carboxylic acids is 1. The summed E-state index contributed by atoms with van der Waals surface area (Å²) in [6, 6.07) is 0.565. The van der Waals surface area contributed by atoms with Crippen molar-refractivity contribution in [3.63, 3.8) is 0 Å². The smallest absolute Gasteiger partial charge is 0.237 e. The Morgan fingerprint density at radius 2 is 2.00 bits per heavy atom. The van der Waals surface area contributed by atoms with Crippen molar-refractivity contribution in [1.82, 2.24) is 10.6 Å². The summed E-state index contributed by atoms with van der Waals surface area (Å²) in [5, 5.41) is 6.43. The molecule has 15 heavy (non-hydrogen) atoms. The zero-order valence-electron chi connectivity index (χ0n) is 9.59. The molecule has 2 rings (SSSR count). The number of carbonyl (C=O) groups is 1. The Hall–Kier alpha value is -0.570. The summed E-state index contributed by atoms with van der Waals surface area (Å²) >= 11 is 0. The molecule has 0 spiro atoms. The number of rotatable bonds is 3. The average Bonchev–Trinajstić information content (AvgIpc) is 2.74. The minimum absolute atomic E-state index is 0.0642. The van der Waals surface area contributed by atoms with Gasteiger partial charge in [-0.1, -0.05) is 12.8 Å².